The van der Waals surface area contributed by atoms with Gasteiger partial charge in [-0.15, -0.1) is 0 Å². The molecule has 0 spiro atoms. The van der Waals surface area contributed by atoms with Crippen molar-refractivity contribution in [2.24, 2.45) is 23.7 Å². The van der Waals surface area contributed by atoms with E-state index in [1.807, 2.05) is 6.07 Å². The second kappa shape index (κ2) is 4.34. The van der Waals surface area contributed by atoms with Crippen molar-refractivity contribution in [3.05, 3.63) is 17.5 Å². The lowest BCUT2D eigenvalue weighted by molar-refractivity contribution is 0.0577. The van der Waals surface area contributed by atoms with Crippen molar-refractivity contribution in [1.82, 2.24) is 15.1 Å². The summed E-state index contributed by atoms with van der Waals surface area (Å²) in [6.07, 6.45) is 8.11. The maximum atomic E-state index is 12.7. The number of rotatable bonds is 2. The van der Waals surface area contributed by atoms with Crippen molar-refractivity contribution in [3.63, 3.8) is 0 Å². The van der Waals surface area contributed by atoms with Gasteiger partial charge in [-0.3, -0.25) is 9.89 Å². The summed E-state index contributed by atoms with van der Waals surface area (Å²) < 4.78 is 0. The fraction of sp³-hybridized carbons (Fsp3) is 0.765. The van der Waals surface area contributed by atoms with Gasteiger partial charge in [-0.05, 0) is 68.3 Å². The van der Waals surface area contributed by atoms with E-state index in [4.69, 9.17) is 0 Å². The highest BCUT2D eigenvalue weighted by atomic mass is 16.2. The third-order valence-electron chi connectivity index (χ3n) is 6.56. The van der Waals surface area contributed by atoms with Gasteiger partial charge in [-0.2, -0.15) is 5.10 Å². The Hall–Kier alpha value is -1.32. The Morgan fingerprint density at radius 2 is 1.67 bits per heavy atom. The number of likely N-dealkylation sites (tertiary alicyclic amines) is 1. The second-order valence-corrected chi connectivity index (χ2v) is 7.70. The quantitative estimate of drug-likeness (QED) is 0.908. The topological polar surface area (TPSA) is 49.0 Å². The maximum Gasteiger partial charge on any atom is 0.274 e. The Bertz CT molecular complexity index is 548. The van der Waals surface area contributed by atoms with Gasteiger partial charge in [-0.1, -0.05) is 0 Å². The van der Waals surface area contributed by atoms with Crippen LogP contribution in [0.25, 0.3) is 0 Å². The van der Waals surface area contributed by atoms with Gasteiger partial charge in [0.15, 0.2) is 0 Å². The van der Waals surface area contributed by atoms with Crippen molar-refractivity contribution in [1.29, 1.82) is 0 Å². The van der Waals surface area contributed by atoms with Gasteiger partial charge in [-0.25, -0.2) is 0 Å². The molecule has 4 aliphatic carbocycles. The third kappa shape index (κ3) is 1.87. The first-order valence-corrected chi connectivity index (χ1v) is 8.64. The Morgan fingerprint density at radius 3 is 2.24 bits per heavy atom. The van der Waals surface area contributed by atoms with E-state index in [2.05, 4.69) is 15.1 Å². The highest BCUT2D eigenvalue weighted by Gasteiger charge is 2.49. The molecule has 0 radical (unpaired) electrons. The molecule has 5 fully saturated rings. The molecule has 1 aliphatic heterocycles. The molecular weight excluding hydrogens is 262 g/mol. The van der Waals surface area contributed by atoms with Crippen LogP contribution in [0.4, 0.5) is 0 Å². The van der Waals surface area contributed by atoms with Crippen molar-refractivity contribution in [2.75, 3.05) is 13.1 Å². The predicted molar refractivity (Wildman–Crippen MR) is 78.9 cm³/mol. The number of carbonyl (C=O) groups excluding carboxylic acids is 1. The molecule has 1 amide bonds. The van der Waals surface area contributed by atoms with Crippen LogP contribution in [0.5, 0.6) is 0 Å². The average Bonchev–Trinajstić information content (AvgIpc) is 3.08. The second-order valence-electron chi connectivity index (χ2n) is 7.70. The molecule has 2 heterocycles. The molecule has 1 aromatic rings. The Kier molecular flexibility index (Phi) is 2.53. The van der Waals surface area contributed by atoms with Crippen molar-refractivity contribution >= 4 is 5.91 Å². The average molecular weight is 285 g/mol. The largest absolute Gasteiger partial charge is 0.337 e. The van der Waals surface area contributed by atoms with E-state index >= 15 is 0 Å². The lowest BCUT2D eigenvalue weighted by Crippen LogP contribution is -2.38. The van der Waals surface area contributed by atoms with Crippen LogP contribution in [-0.2, 0) is 0 Å². The molecule has 1 aromatic heterocycles. The van der Waals surface area contributed by atoms with Crippen LogP contribution in [0, 0.1) is 23.7 Å². The first kappa shape index (κ1) is 12.2. The summed E-state index contributed by atoms with van der Waals surface area (Å²) in [7, 11) is 0. The van der Waals surface area contributed by atoms with Crippen LogP contribution in [0.1, 0.15) is 60.6 Å². The molecule has 21 heavy (non-hydrogen) atoms. The van der Waals surface area contributed by atoms with Crippen LogP contribution < -0.4 is 0 Å². The maximum absolute atomic E-state index is 12.7. The van der Waals surface area contributed by atoms with Crippen molar-refractivity contribution < 1.29 is 4.79 Å². The van der Waals surface area contributed by atoms with E-state index in [1.165, 1.54) is 38.5 Å². The number of H-pyrrole nitrogens is 1. The van der Waals surface area contributed by atoms with Crippen LogP contribution in [0.2, 0.25) is 0 Å². The lowest BCUT2D eigenvalue weighted by atomic mass is 9.60. The SMILES string of the molecule is O=C(c1cc(C2CC2)[nH]n1)N1C[C@@H]2C3CCC(CC3)[C@@H]2C1. The Morgan fingerprint density at radius 1 is 1.05 bits per heavy atom. The molecule has 1 saturated heterocycles. The predicted octanol–water partition coefficient (Wildman–Crippen LogP) is 2.80. The third-order valence-corrected chi connectivity index (χ3v) is 6.56. The molecule has 4 saturated carbocycles. The standard InChI is InChI=1S/C17H23N3O/c21-17(16-7-15(18-19-16)12-5-6-12)20-8-13-10-1-2-11(4-3-10)14(13)9-20/h7,10-14H,1-6,8-9H2,(H,18,19)/t10?,11?,13-,14+. The summed E-state index contributed by atoms with van der Waals surface area (Å²) in [5.74, 6) is 4.13. The zero-order valence-electron chi connectivity index (χ0n) is 12.4. The van der Waals surface area contributed by atoms with Crippen molar-refractivity contribution in [2.45, 2.75) is 44.4 Å². The molecule has 2 bridgehead atoms. The molecule has 2 atom stereocenters. The van der Waals surface area contributed by atoms with E-state index in [1.54, 1.807) is 0 Å². The van der Waals surface area contributed by atoms with E-state index in [0.717, 1.165) is 42.5 Å². The zero-order chi connectivity index (χ0) is 14.0. The smallest absolute Gasteiger partial charge is 0.274 e. The first-order chi connectivity index (χ1) is 10.3. The minimum Gasteiger partial charge on any atom is -0.337 e. The molecule has 6 rings (SSSR count). The summed E-state index contributed by atoms with van der Waals surface area (Å²) in [6.45, 7) is 1.96. The van der Waals surface area contributed by atoms with Gasteiger partial charge in [0.25, 0.3) is 5.91 Å². The Labute approximate surface area is 125 Å². The number of hydrogen-bond acceptors (Lipinski definition) is 2. The summed E-state index contributed by atoms with van der Waals surface area (Å²) in [5.41, 5.74) is 1.80. The number of carbonyl (C=O) groups is 1. The van der Waals surface area contributed by atoms with E-state index in [-0.39, 0.29) is 5.91 Å². The van der Waals surface area contributed by atoms with Gasteiger partial charge in [0.2, 0.25) is 0 Å². The van der Waals surface area contributed by atoms with Crippen LogP contribution in [0.15, 0.2) is 6.07 Å². The van der Waals surface area contributed by atoms with Gasteiger partial charge in [0, 0.05) is 24.7 Å². The number of aromatic amines is 1. The molecule has 0 aromatic carbocycles. The summed E-state index contributed by atoms with van der Waals surface area (Å²) in [5, 5.41) is 7.34. The molecule has 0 unspecified atom stereocenters. The summed E-state index contributed by atoms with van der Waals surface area (Å²) in [6, 6.07) is 2.00. The first-order valence-electron chi connectivity index (χ1n) is 8.64. The lowest BCUT2D eigenvalue weighted by Gasteiger charge is -2.44. The minimum absolute atomic E-state index is 0.159. The monoisotopic (exact) mass is 285 g/mol. The normalized spacial score (nSPS) is 37.8. The van der Waals surface area contributed by atoms with Gasteiger partial charge in [0.1, 0.15) is 5.69 Å². The molecule has 4 heteroatoms. The van der Waals surface area contributed by atoms with E-state index in [9.17, 15) is 4.79 Å². The van der Waals surface area contributed by atoms with E-state index < -0.39 is 0 Å². The number of aromatic nitrogens is 2. The highest BCUT2D eigenvalue weighted by Crippen LogP contribution is 2.52. The van der Waals surface area contributed by atoms with Crippen LogP contribution >= 0.6 is 0 Å². The number of amides is 1. The molecule has 112 valence electrons. The Balaban J connectivity index is 1.35. The molecule has 1 N–H and O–H groups in total. The number of hydrogen-bond donors (Lipinski definition) is 1. The van der Waals surface area contributed by atoms with Gasteiger partial charge in [0.05, 0.1) is 0 Å². The van der Waals surface area contributed by atoms with Crippen LogP contribution in [-0.4, -0.2) is 34.1 Å². The fourth-order valence-electron chi connectivity index (χ4n) is 5.23. The van der Waals surface area contributed by atoms with E-state index in [0.29, 0.717) is 11.6 Å². The number of nitrogens with one attached hydrogen (secondary N) is 1. The van der Waals surface area contributed by atoms with Gasteiger partial charge >= 0.3 is 0 Å². The number of nitrogens with zero attached hydrogens (tertiary/aromatic N) is 2. The van der Waals surface area contributed by atoms with Gasteiger partial charge < -0.3 is 4.90 Å². The molecule has 4 nitrogen and oxygen atoms in total. The van der Waals surface area contributed by atoms with Crippen LogP contribution in [0.3, 0.4) is 0 Å². The van der Waals surface area contributed by atoms with Crippen molar-refractivity contribution in [3.8, 4) is 0 Å². The summed E-state index contributed by atoms with van der Waals surface area (Å²) in [4.78, 5) is 14.8. The highest BCUT2D eigenvalue weighted by molar-refractivity contribution is 5.92. The summed E-state index contributed by atoms with van der Waals surface area (Å²) >= 11 is 0. The zero-order valence-corrected chi connectivity index (χ0v) is 12.4. The molecular formula is C17H23N3O. The minimum atomic E-state index is 0.159. The number of fused-ring (bicyclic) bond motifs is 2. The molecule has 5 aliphatic rings. The fourth-order valence-corrected chi connectivity index (χ4v) is 5.23.